The maximum Gasteiger partial charge on any atom is 0.305 e. The molecule has 2 nitrogen and oxygen atoms in total. The van der Waals surface area contributed by atoms with E-state index in [0.717, 1.165) is 11.1 Å². The lowest BCUT2D eigenvalue weighted by molar-refractivity contribution is -0.150. The SMILES string of the molecule is CCC(=O)OC(C)C(Cc1ccc(F)cc1)Cc1ccc(F)cc1. The average molecular weight is 332 g/mol. The van der Waals surface area contributed by atoms with E-state index >= 15 is 0 Å². The fraction of sp³-hybridized carbons (Fsp3) is 0.350. The Morgan fingerprint density at radius 3 is 1.71 bits per heavy atom. The molecule has 0 heterocycles. The van der Waals surface area contributed by atoms with Crippen LogP contribution in [0.25, 0.3) is 0 Å². The lowest BCUT2D eigenvalue weighted by atomic mass is 9.88. The van der Waals surface area contributed by atoms with Crippen LogP contribution in [0, 0.1) is 17.6 Å². The van der Waals surface area contributed by atoms with Crippen molar-refractivity contribution in [2.45, 2.75) is 39.2 Å². The second-order valence-electron chi connectivity index (χ2n) is 5.97. The Kier molecular flexibility index (Phi) is 6.47. The molecule has 0 bridgehead atoms. The number of carbonyl (C=O) groups excluding carboxylic acids is 1. The zero-order valence-corrected chi connectivity index (χ0v) is 14.0. The largest absolute Gasteiger partial charge is 0.462 e. The van der Waals surface area contributed by atoms with E-state index < -0.39 is 0 Å². The number of ether oxygens (including phenoxy) is 1. The molecule has 4 heteroatoms. The summed E-state index contributed by atoms with van der Waals surface area (Å²) in [5.41, 5.74) is 1.95. The van der Waals surface area contributed by atoms with Crippen LogP contribution in [0.2, 0.25) is 0 Å². The van der Waals surface area contributed by atoms with Crippen molar-refractivity contribution in [2.24, 2.45) is 5.92 Å². The van der Waals surface area contributed by atoms with Gasteiger partial charge in [0.15, 0.2) is 0 Å². The molecular formula is C20H22F2O2. The highest BCUT2D eigenvalue weighted by Gasteiger charge is 2.21. The van der Waals surface area contributed by atoms with Crippen LogP contribution in [-0.2, 0) is 22.4 Å². The van der Waals surface area contributed by atoms with Crippen molar-refractivity contribution in [2.75, 3.05) is 0 Å². The molecule has 0 saturated heterocycles. The molecule has 2 aromatic carbocycles. The van der Waals surface area contributed by atoms with Crippen molar-refractivity contribution in [1.29, 1.82) is 0 Å². The van der Waals surface area contributed by atoms with E-state index in [4.69, 9.17) is 4.74 Å². The fourth-order valence-electron chi connectivity index (χ4n) is 2.64. The number of hydrogen-bond acceptors (Lipinski definition) is 2. The molecule has 0 aliphatic rings. The van der Waals surface area contributed by atoms with Gasteiger partial charge in [-0.2, -0.15) is 0 Å². The fourth-order valence-corrected chi connectivity index (χ4v) is 2.64. The molecule has 1 atom stereocenters. The molecule has 0 radical (unpaired) electrons. The van der Waals surface area contributed by atoms with Gasteiger partial charge < -0.3 is 4.74 Å². The highest BCUT2D eigenvalue weighted by molar-refractivity contribution is 5.69. The van der Waals surface area contributed by atoms with E-state index in [-0.39, 0.29) is 29.6 Å². The van der Waals surface area contributed by atoms with Crippen molar-refractivity contribution in [3.63, 3.8) is 0 Å². The predicted octanol–water partition coefficient (Wildman–Crippen LogP) is 4.71. The molecule has 0 N–H and O–H groups in total. The van der Waals surface area contributed by atoms with Gasteiger partial charge in [-0.25, -0.2) is 8.78 Å². The maximum atomic E-state index is 13.1. The number of rotatable bonds is 7. The Morgan fingerprint density at radius 2 is 1.33 bits per heavy atom. The summed E-state index contributed by atoms with van der Waals surface area (Å²) in [5.74, 6) is -0.777. The van der Waals surface area contributed by atoms with E-state index in [1.165, 1.54) is 24.3 Å². The van der Waals surface area contributed by atoms with E-state index in [1.54, 1.807) is 31.2 Å². The molecule has 0 spiro atoms. The smallest absolute Gasteiger partial charge is 0.305 e. The Balaban J connectivity index is 2.14. The first-order chi connectivity index (χ1) is 11.5. The van der Waals surface area contributed by atoms with Crippen molar-refractivity contribution in [1.82, 2.24) is 0 Å². The lowest BCUT2D eigenvalue weighted by Crippen LogP contribution is -2.27. The van der Waals surface area contributed by atoms with Crippen LogP contribution >= 0.6 is 0 Å². The zero-order valence-electron chi connectivity index (χ0n) is 14.0. The molecule has 0 amide bonds. The molecular weight excluding hydrogens is 310 g/mol. The van der Waals surface area contributed by atoms with Crippen LogP contribution in [0.3, 0.4) is 0 Å². The zero-order chi connectivity index (χ0) is 17.5. The normalized spacial score (nSPS) is 12.2. The Hall–Kier alpha value is -2.23. The minimum absolute atomic E-state index is 0.0245. The average Bonchev–Trinajstić information content (AvgIpc) is 2.58. The molecule has 0 aromatic heterocycles. The van der Waals surface area contributed by atoms with Gasteiger partial charge >= 0.3 is 5.97 Å². The first-order valence-electron chi connectivity index (χ1n) is 8.16. The second kappa shape index (κ2) is 8.57. The Labute approximate surface area is 141 Å². The van der Waals surface area contributed by atoms with Gasteiger partial charge in [-0.3, -0.25) is 4.79 Å². The van der Waals surface area contributed by atoms with Crippen molar-refractivity contribution < 1.29 is 18.3 Å². The summed E-state index contributed by atoms with van der Waals surface area (Å²) in [5, 5.41) is 0. The Bertz CT molecular complexity index is 603. The molecule has 0 aliphatic heterocycles. The second-order valence-corrected chi connectivity index (χ2v) is 5.97. The van der Waals surface area contributed by atoms with Crippen LogP contribution in [0.5, 0.6) is 0 Å². The van der Waals surface area contributed by atoms with Crippen LogP contribution in [0.1, 0.15) is 31.4 Å². The molecule has 24 heavy (non-hydrogen) atoms. The van der Waals surface area contributed by atoms with Crippen molar-refractivity contribution in [3.8, 4) is 0 Å². The van der Waals surface area contributed by atoms with Crippen LogP contribution in [0.4, 0.5) is 8.78 Å². The van der Waals surface area contributed by atoms with Crippen LogP contribution < -0.4 is 0 Å². The van der Waals surface area contributed by atoms with Crippen LogP contribution in [0.15, 0.2) is 48.5 Å². The molecule has 0 saturated carbocycles. The quantitative estimate of drug-likeness (QED) is 0.687. The van der Waals surface area contributed by atoms with Crippen molar-refractivity contribution in [3.05, 3.63) is 71.3 Å². The highest BCUT2D eigenvalue weighted by atomic mass is 19.1. The van der Waals surface area contributed by atoms with E-state index in [0.29, 0.717) is 19.3 Å². The third-order valence-electron chi connectivity index (χ3n) is 4.09. The summed E-state index contributed by atoms with van der Waals surface area (Å²) in [6.07, 6.45) is 1.34. The molecule has 128 valence electrons. The maximum absolute atomic E-state index is 13.1. The van der Waals surface area contributed by atoms with Gasteiger partial charge in [0, 0.05) is 12.3 Å². The highest BCUT2D eigenvalue weighted by Crippen LogP contribution is 2.21. The van der Waals surface area contributed by atoms with Gasteiger partial charge in [0.2, 0.25) is 0 Å². The van der Waals surface area contributed by atoms with E-state index in [2.05, 4.69) is 0 Å². The van der Waals surface area contributed by atoms with Gasteiger partial charge in [-0.15, -0.1) is 0 Å². The summed E-state index contributed by atoms with van der Waals surface area (Å²) in [6, 6.07) is 12.6. The van der Waals surface area contributed by atoms with E-state index in [9.17, 15) is 13.6 Å². The summed E-state index contributed by atoms with van der Waals surface area (Å²) >= 11 is 0. The monoisotopic (exact) mass is 332 g/mol. The van der Waals surface area contributed by atoms with Gasteiger partial charge in [0.05, 0.1) is 0 Å². The summed E-state index contributed by atoms with van der Waals surface area (Å²) in [4.78, 5) is 11.6. The molecule has 0 aliphatic carbocycles. The lowest BCUT2D eigenvalue weighted by Gasteiger charge is -2.24. The minimum Gasteiger partial charge on any atom is -0.462 e. The van der Waals surface area contributed by atoms with Crippen molar-refractivity contribution >= 4 is 5.97 Å². The number of hydrogen-bond donors (Lipinski definition) is 0. The first kappa shape index (κ1) is 18.1. The van der Waals surface area contributed by atoms with Gasteiger partial charge in [-0.05, 0) is 55.2 Å². The number of benzene rings is 2. The standard InChI is InChI=1S/C20H22F2O2/c1-3-20(23)24-14(2)17(12-15-4-8-18(21)9-5-15)13-16-6-10-19(22)11-7-16/h4-11,14,17H,3,12-13H2,1-2H3. The molecule has 1 unspecified atom stereocenters. The Morgan fingerprint density at radius 1 is 0.917 bits per heavy atom. The number of esters is 1. The third kappa shape index (κ3) is 5.44. The van der Waals surface area contributed by atoms with Gasteiger partial charge in [-0.1, -0.05) is 31.2 Å². The molecule has 2 rings (SSSR count). The predicted molar refractivity (Wildman–Crippen MR) is 89.5 cm³/mol. The minimum atomic E-state index is -0.285. The van der Waals surface area contributed by atoms with E-state index in [1.807, 2.05) is 6.92 Å². The molecule has 0 fully saturated rings. The summed E-state index contributed by atoms with van der Waals surface area (Å²) in [7, 11) is 0. The third-order valence-corrected chi connectivity index (χ3v) is 4.09. The van der Waals surface area contributed by atoms with Gasteiger partial charge in [0.25, 0.3) is 0 Å². The first-order valence-corrected chi connectivity index (χ1v) is 8.16. The molecule has 2 aromatic rings. The summed E-state index contributed by atoms with van der Waals surface area (Å²) < 4.78 is 31.6. The number of carbonyl (C=O) groups is 1. The number of halogens is 2. The summed E-state index contributed by atoms with van der Waals surface area (Å²) in [6.45, 7) is 3.62. The van der Waals surface area contributed by atoms with Gasteiger partial charge in [0.1, 0.15) is 17.7 Å². The van der Waals surface area contributed by atoms with Crippen LogP contribution in [-0.4, -0.2) is 12.1 Å². The topological polar surface area (TPSA) is 26.3 Å².